The number of nitrogen functional groups attached to an aromatic ring is 1. The Bertz CT molecular complexity index is 526. The Balaban J connectivity index is 2.23. The lowest BCUT2D eigenvalue weighted by Gasteiger charge is -2.14. The minimum atomic E-state index is 0.107. The molecule has 0 unspecified atom stereocenters. The molecule has 4 heteroatoms. The van der Waals surface area contributed by atoms with Crippen LogP contribution >= 0.6 is 0 Å². The Morgan fingerprint density at radius 1 is 1.22 bits per heavy atom. The topological polar surface area (TPSA) is 60.2 Å². The number of nitrogens with two attached hydrogens (primary N) is 1. The van der Waals surface area contributed by atoms with Gasteiger partial charge in [0.1, 0.15) is 0 Å². The summed E-state index contributed by atoms with van der Waals surface area (Å²) in [6.07, 6.45) is 1.83. The van der Waals surface area contributed by atoms with Crippen molar-refractivity contribution in [3.63, 3.8) is 0 Å². The van der Waals surface area contributed by atoms with Crippen molar-refractivity contribution in [2.24, 2.45) is 0 Å². The van der Waals surface area contributed by atoms with Crippen LogP contribution in [0.3, 0.4) is 0 Å². The highest BCUT2D eigenvalue weighted by Gasteiger charge is 2.06. The molecule has 0 radical (unpaired) electrons. The fourth-order valence-corrected chi connectivity index (χ4v) is 1.59. The summed E-state index contributed by atoms with van der Waals surface area (Å²) in [5.41, 5.74) is 7.34. The number of pyridine rings is 1. The van der Waals surface area contributed by atoms with Gasteiger partial charge in [0, 0.05) is 17.6 Å². The lowest BCUT2D eigenvalue weighted by atomic mass is 10.3. The van der Waals surface area contributed by atoms with Crippen LogP contribution in [-0.4, -0.2) is 11.1 Å². The van der Waals surface area contributed by atoms with Gasteiger partial charge >= 0.3 is 0 Å². The van der Waals surface area contributed by atoms with Crippen molar-refractivity contribution in [2.75, 3.05) is 11.1 Å². The molecule has 18 heavy (non-hydrogen) atoms. The van der Waals surface area contributed by atoms with Gasteiger partial charge in [-0.05, 0) is 44.2 Å². The summed E-state index contributed by atoms with van der Waals surface area (Å²) in [5, 5.41) is 3.20. The van der Waals surface area contributed by atoms with Crippen molar-refractivity contribution in [1.29, 1.82) is 0 Å². The Morgan fingerprint density at radius 2 is 2.06 bits per heavy atom. The van der Waals surface area contributed by atoms with Gasteiger partial charge in [-0.2, -0.15) is 0 Å². The summed E-state index contributed by atoms with van der Waals surface area (Å²) < 4.78 is 5.69. The van der Waals surface area contributed by atoms with E-state index >= 15 is 0 Å². The number of nitrogens with one attached hydrogen (secondary N) is 1. The van der Waals surface area contributed by atoms with Gasteiger partial charge in [0.15, 0.2) is 11.6 Å². The lowest BCUT2D eigenvalue weighted by molar-refractivity contribution is 0.243. The first-order valence-electron chi connectivity index (χ1n) is 5.89. The van der Waals surface area contributed by atoms with Crippen LogP contribution in [0, 0.1) is 0 Å². The minimum Gasteiger partial charge on any atom is -0.487 e. The average molecular weight is 243 g/mol. The highest BCUT2D eigenvalue weighted by molar-refractivity contribution is 5.65. The van der Waals surface area contributed by atoms with E-state index in [4.69, 9.17) is 10.5 Å². The second-order valence-electron chi connectivity index (χ2n) is 4.27. The fraction of sp³-hybridized carbons (Fsp3) is 0.214. The third-order valence-electron chi connectivity index (χ3n) is 2.28. The molecule has 94 valence electrons. The van der Waals surface area contributed by atoms with E-state index in [1.54, 1.807) is 6.20 Å². The van der Waals surface area contributed by atoms with E-state index in [1.807, 2.05) is 50.2 Å². The molecule has 0 saturated heterocycles. The first-order valence-corrected chi connectivity index (χ1v) is 5.89. The van der Waals surface area contributed by atoms with Crippen molar-refractivity contribution in [3.8, 4) is 5.75 Å². The molecule has 0 aliphatic carbocycles. The molecule has 3 N–H and O–H groups in total. The van der Waals surface area contributed by atoms with Crippen molar-refractivity contribution < 1.29 is 4.74 Å². The molecule has 0 aliphatic heterocycles. The van der Waals surface area contributed by atoms with Crippen LogP contribution in [0.2, 0.25) is 0 Å². The van der Waals surface area contributed by atoms with Crippen LogP contribution in [0.4, 0.5) is 17.2 Å². The van der Waals surface area contributed by atoms with Gasteiger partial charge in [0.25, 0.3) is 0 Å². The predicted octanol–water partition coefficient (Wildman–Crippen LogP) is 3.19. The summed E-state index contributed by atoms with van der Waals surface area (Å²) >= 11 is 0. The van der Waals surface area contributed by atoms with Crippen molar-refractivity contribution in [1.82, 2.24) is 4.98 Å². The van der Waals surface area contributed by atoms with E-state index in [9.17, 15) is 0 Å². The van der Waals surface area contributed by atoms with Gasteiger partial charge in [-0.15, -0.1) is 0 Å². The van der Waals surface area contributed by atoms with E-state index in [0.717, 1.165) is 11.4 Å². The second kappa shape index (κ2) is 5.40. The van der Waals surface area contributed by atoms with Crippen LogP contribution in [-0.2, 0) is 0 Å². The molecule has 2 rings (SSSR count). The molecule has 1 heterocycles. The largest absolute Gasteiger partial charge is 0.487 e. The molecule has 0 saturated carbocycles. The van der Waals surface area contributed by atoms with Crippen molar-refractivity contribution >= 4 is 17.2 Å². The molecular formula is C14H17N3O. The third kappa shape index (κ3) is 3.13. The molecule has 0 amide bonds. The zero-order valence-electron chi connectivity index (χ0n) is 10.6. The summed E-state index contributed by atoms with van der Waals surface area (Å²) in [7, 11) is 0. The highest BCUT2D eigenvalue weighted by Crippen LogP contribution is 2.26. The molecule has 1 aromatic heterocycles. The van der Waals surface area contributed by atoms with Gasteiger partial charge in [-0.1, -0.05) is 6.07 Å². The maximum Gasteiger partial charge on any atom is 0.173 e. The molecule has 0 spiro atoms. The van der Waals surface area contributed by atoms with E-state index in [-0.39, 0.29) is 6.10 Å². The maximum atomic E-state index is 5.74. The number of aromatic nitrogens is 1. The first-order chi connectivity index (χ1) is 8.65. The van der Waals surface area contributed by atoms with Crippen LogP contribution in [0.15, 0.2) is 42.6 Å². The number of benzene rings is 1. The number of ether oxygens (including phenoxy) is 1. The van der Waals surface area contributed by atoms with E-state index in [0.29, 0.717) is 11.5 Å². The molecular weight excluding hydrogens is 226 g/mol. The van der Waals surface area contributed by atoms with Crippen LogP contribution in [0.1, 0.15) is 13.8 Å². The van der Waals surface area contributed by atoms with Gasteiger partial charge < -0.3 is 15.8 Å². The Kier molecular flexibility index (Phi) is 3.67. The monoisotopic (exact) mass is 243 g/mol. The fourth-order valence-electron chi connectivity index (χ4n) is 1.59. The van der Waals surface area contributed by atoms with E-state index in [2.05, 4.69) is 10.3 Å². The van der Waals surface area contributed by atoms with Crippen molar-refractivity contribution in [3.05, 3.63) is 42.6 Å². The summed E-state index contributed by atoms with van der Waals surface area (Å²) in [6, 6.07) is 11.3. The van der Waals surface area contributed by atoms with E-state index in [1.165, 1.54) is 0 Å². The first kappa shape index (κ1) is 12.2. The van der Waals surface area contributed by atoms with Crippen LogP contribution < -0.4 is 15.8 Å². The molecule has 0 bridgehead atoms. The molecule has 2 aromatic rings. The summed E-state index contributed by atoms with van der Waals surface area (Å²) in [4.78, 5) is 4.28. The molecule has 0 aliphatic rings. The summed E-state index contributed by atoms with van der Waals surface area (Å²) in [6.45, 7) is 3.97. The number of rotatable bonds is 4. The average Bonchev–Trinajstić information content (AvgIpc) is 2.31. The number of hydrogen-bond acceptors (Lipinski definition) is 4. The predicted molar refractivity (Wildman–Crippen MR) is 74.1 cm³/mol. The van der Waals surface area contributed by atoms with Gasteiger partial charge in [0.2, 0.25) is 0 Å². The summed E-state index contributed by atoms with van der Waals surface area (Å²) in [5.74, 6) is 1.42. The molecule has 0 atom stereocenters. The smallest absolute Gasteiger partial charge is 0.173 e. The van der Waals surface area contributed by atoms with Crippen LogP contribution in [0.5, 0.6) is 5.75 Å². The van der Waals surface area contributed by atoms with Crippen LogP contribution in [0.25, 0.3) is 0 Å². The van der Waals surface area contributed by atoms with Gasteiger partial charge in [-0.3, -0.25) is 0 Å². The zero-order chi connectivity index (χ0) is 13.0. The number of hydrogen-bond donors (Lipinski definition) is 2. The van der Waals surface area contributed by atoms with Gasteiger partial charge in [0.05, 0.1) is 6.10 Å². The minimum absolute atomic E-state index is 0.107. The third-order valence-corrected chi connectivity index (χ3v) is 2.28. The Hall–Kier alpha value is -2.23. The SMILES string of the molecule is CC(C)Oc1cccnc1Nc1cccc(N)c1. The van der Waals surface area contributed by atoms with Gasteiger partial charge in [-0.25, -0.2) is 4.98 Å². The Labute approximate surface area is 107 Å². The zero-order valence-corrected chi connectivity index (χ0v) is 10.6. The second-order valence-corrected chi connectivity index (χ2v) is 4.27. The quantitative estimate of drug-likeness (QED) is 0.809. The Morgan fingerprint density at radius 3 is 2.78 bits per heavy atom. The lowest BCUT2D eigenvalue weighted by Crippen LogP contribution is -2.08. The molecule has 0 fully saturated rings. The normalized spacial score (nSPS) is 10.4. The standard InChI is InChI=1S/C14H17N3O/c1-10(2)18-13-7-4-8-16-14(13)17-12-6-3-5-11(15)9-12/h3-10H,15H2,1-2H3,(H,16,17). The number of anilines is 3. The number of nitrogens with zero attached hydrogens (tertiary/aromatic N) is 1. The molecule has 1 aromatic carbocycles. The van der Waals surface area contributed by atoms with Crippen molar-refractivity contribution in [2.45, 2.75) is 20.0 Å². The highest BCUT2D eigenvalue weighted by atomic mass is 16.5. The maximum absolute atomic E-state index is 5.74. The van der Waals surface area contributed by atoms with E-state index < -0.39 is 0 Å². The molecule has 4 nitrogen and oxygen atoms in total.